The first kappa shape index (κ1) is 20.4. The van der Waals surface area contributed by atoms with E-state index in [1.807, 2.05) is 54.9 Å². The highest BCUT2D eigenvalue weighted by molar-refractivity contribution is 8.00. The van der Waals surface area contributed by atoms with E-state index in [1.54, 1.807) is 12.4 Å². The number of ether oxygens (including phenoxy) is 1. The Morgan fingerprint density at radius 2 is 1.80 bits per heavy atom. The molecule has 0 saturated carbocycles. The molecule has 1 N–H and O–H groups in total. The van der Waals surface area contributed by atoms with Gasteiger partial charge in [-0.3, -0.25) is 9.78 Å². The second kappa shape index (κ2) is 9.27. The van der Waals surface area contributed by atoms with E-state index in [1.165, 1.54) is 11.8 Å². The zero-order valence-electron chi connectivity index (χ0n) is 17.0. The van der Waals surface area contributed by atoms with E-state index in [0.717, 1.165) is 49.1 Å². The number of carbonyl (C=O) groups excluding carboxylic acids is 1. The van der Waals surface area contributed by atoms with Crippen LogP contribution in [0.15, 0.2) is 53.9 Å². The summed E-state index contributed by atoms with van der Waals surface area (Å²) in [6, 6.07) is 11.7. The van der Waals surface area contributed by atoms with Gasteiger partial charge in [-0.15, -0.1) is 10.2 Å². The molecule has 1 aliphatic heterocycles. The van der Waals surface area contributed by atoms with E-state index in [2.05, 4.69) is 25.4 Å². The summed E-state index contributed by atoms with van der Waals surface area (Å²) in [6.07, 6.45) is 3.44. The molecule has 1 amide bonds. The Labute approximate surface area is 179 Å². The number of amides is 1. The van der Waals surface area contributed by atoms with Gasteiger partial charge in [-0.25, -0.2) is 0 Å². The second-order valence-electron chi connectivity index (χ2n) is 7.00. The molecule has 4 rings (SSSR count). The summed E-state index contributed by atoms with van der Waals surface area (Å²) in [5, 5.41) is 11.8. The molecule has 9 heteroatoms. The molecule has 1 saturated heterocycles. The molecule has 1 atom stereocenters. The maximum Gasteiger partial charge on any atom is 0.237 e. The highest BCUT2D eigenvalue weighted by Crippen LogP contribution is 2.26. The van der Waals surface area contributed by atoms with Crippen LogP contribution in [0.4, 0.5) is 11.4 Å². The summed E-state index contributed by atoms with van der Waals surface area (Å²) in [5.41, 5.74) is 2.85. The molecule has 0 radical (unpaired) electrons. The van der Waals surface area contributed by atoms with Crippen molar-refractivity contribution in [1.29, 1.82) is 0 Å². The maximum absolute atomic E-state index is 12.7. The van der Waals surface area contributed by atoms with E-state index in [-0.39, 0.29) is 11.2 Å². The van der Waals surface area contributed by atoms with Gasteiger partial charge in [0.15, 0.2) is 11.0 Å². The van der Waals surface area contributed by atoms with Gasteiger partial charge >= 0.3 is 0 Å². The van der Waals surface area contributed by atoms with Gasteiger partial charge < -0.3 is 19.5 Å². The second-order valence-corrected chi connectivity index (χ2v) is 8.30. The summed E-state index contributed by atoms with van der Waals surface area (Å²) in [5.74, 6) is 0.666. The van der Waals surface area contributed by atoms with Crippen molar-refractivity contribution in [3.8, 4) is 11.4 Å². The molecule has 30 heavy (non-hydrogen) atoms. The number of hydrogen-bond acceptors (Lipinski definition) is 7. The lowest BCUT2D eigenvalue weighted by atomic mass is 10.2. The predicted octanol–water partition coefficient (Wildman–Crippen LogP) is 2.83. The van der Waals surface area contributed by atoms with Crippen LogP contribution in [0, 0.1) is 0 Å². The summed E-state index contributed by atoms with van der Waals surface area (Å²) in [7, 11) is 1.90. The summed E-state index contributed by atoms with van der Waals surface area (Å²) >= 11 is 1.38. The lowest BCUT2D eigenvalue weighted by molar-refractivity contribution is -0.115. The van der Waals surface area contributed by atoms with Gasteiger partial charge in [0.2, 0.25) is 5.91 Å². The van der Waals surface area contributed by atoms with Gasteiger partial charge in [0.1, 0.15) is 0 Å². The van der Waals surface area contributed by atoms with E-state index in [4.69, 9.17) is 4.74 Å². The Kier molecular flexibility index (Phi) is 6.29. The first-order chi connectivity index (χ1) is 14.6. The summed E-state index contributed by atoms with van der Waals surface area (Å²) < 4.78 is 7.28. The highest BCUT2D eigenvalue weighted by atomic mass is 32.2. The minimum atomic E-state index is -0.322. The molecule has 1 aromatic carbocycles. The Bertz CT molecular complexity index is 986. The Balaban J connectivity index is 1.37. The zero-order valence-corrected chi connectivity index (χ0v) is 17.8. The topological polar surface area (TPSA) is 85.2 Å². The monoisotopic (exact) mass is 424 g/mol. The number of thioether (sulfide) groups is 1. The van der Waals surface area contributed by atoms with Crippen LogP contribution in [0.25, 0.3) is 11.4 Å². The van der Waals surface area contributed by atoms with Crippen molar-refractivity contribution in [2.24, 2.45) is 7.05 Å². The third-order valence-corrected chi connectivity index (χ3v) is 6.07. The summed E-state index contributed by atoms with van der Waals surface area (Å²) in [4.78, 5) is 19.0. The number of rotatable bonds is 6. The van der Waals surface area contributed by atoms with Gasteiger partial charge in [-0.1, -0.05) is 11.8 Å². The SMILES string of the molecule is C[C@H](Sc1nnc(-c2ccncc2)n1C)C(=O)Nc1ccc(N2CCOCC2)cc1. The largest absolute Gasteiger partial charge is 0.378 e. The fourth-order valence-corrected chi connectivity index (χ4v) is 4.02. The first-order valence-electron chi connectivity index (χ1n) is 9.82. The first-order valence-corrected chi connectivity index (χ1v) is 10.7. The molecule has 0 bridgehead atoms. The third-order valence-electron chi connectivity index (χ3n) is 4.94. The fraction of sp³-hybridized carbons (Fsp3) is 0.333. The van der Waals surface area contributed by atoms with Crippen LogP contribution in [0.2, 0.25) is 0 Å². The van der Waals surface area contributed by atoms with Crippen LogP contribution in [-0.4, -0.2) is 57.2 Å². The van der Waals surface area contributed by atoms with Gasteiger partial charge in [0.25, 0.3) is 0 Å². The van der Waals surface area contributed by atoms with Gasteiger partial charge in [0, 0.05) is 49.5 Å². The Morgan fingerprint density at radius 1 is 1.10 bits per heavy atom. The van der Waals surface area contributed by atoms with Crippen molar-refractivity contribution >= 4 is 29.0 Å². The lowest BCUT2D eigenvalue weighted by Gasteiger charge is -2.28. The molecule has 0 spiro atoms. The third kappa shape index (κ3) is 4.63. The van der Waals surface area contributed by atoms with Crippen LogP contribution < -0.4 is 10.2 Å². The van der Waals surface area contributed by atoms with Crippen molar-refractivity contribution in [2.45, 2.75) is 17.3 Å². The van der Waals surface area contributed by atoms with Gasteiger partial charge in [-0.05, 0) is 43.3 Å². The Hall–Kier alpha value is -2.91. The summed E-state index contributed by atoms with van der Waals surface area (Å²) in [6.45, 7) is 5.14. The number of carbonyl (C=O) groups is 1. The van der Waals surface area contributed by atoms with Crippen molar-refractivity contribution in [3.63, 3.8) is 0 Å². The van der Waals surface area contributed by atoms with Crippen LogP contribution in [-0.2, 0) is 16.6 Å². The number of pyridine rings is 1. The molecule has 156 valence electrons. The number of morpholine rings is 1. The number of hydrogen-bond donors (Lipinski definition) is 1. The van der Waals surface area contributed by atoms with Crippen molar-refractivity contribution < 1.29 is 9.53 Å². The van der Waals surface area contributed by atoms with Crippen molar-refractivity contribution in [1.82, 2.24) is 19.7 Å². The van der Waals surface area contributed by atoms with E-state index in [9.17, 15) is 4.79 Å². The average molecular weight is 425 g/mol. The van der Waals surface area contributed by atoms with Crippen LogP contribution >= 0.6 is 11.8 Å². The number of benzene rings is 1. The zero-order chi connectivity index (χ0) is 20.9. The molecular formula is C21H24N6O2S. The van der Waals surface area contributed by atoms with Crippen molar-refractivity contribution in [3.05, 3.63) is 48.8 Å². The molecule has 1 fully saturated rings. The molecule has 3 aromatic rings. The maximum atomic E-state index is 12.7. The smallest absolute Gasteiger partial charge is 0.237 e. The van der Waals surface area contributed by atoms with E-state index in [0.29, 0.717) is 5.16 Å². The number of nitrogens with one attached hydrogen (secondary N) is 1. The van der Waals surface area contributed by atoms with Crippen LogP contribution in [0.5, 0.6) is 0 Å². The van der Waals surface area contributed by atoms with E-state index < -0.39 is 0 Å². The standard InChI is InChI=1S/C21H24N6O2S/c1-15(30-21-25-24-19(26(21)2)16-7-9-22-10-8-16)20(28)23-17-3-5-18(6-4-17)27-11-13-29-14-12-27/h3-10,15H,11-14H2,1-2H3,(H,23,28)/t15-/m0/s1. The molecule has 0 aliphatic carbocycles. The van der Waals surface area contributed by atoms with Gasteiger partial charge in [0.05, 0.1) is 18.5 Å². The number of nitrogens with zero attached hydrogens (tertiary/aromatic N) is 5. The van der Waals surface area contributed by atoms with Gasteiger partial charge in [-0.2, -0.15) is 0 Å². The minimum absolute atomic E-state index is 0.0763. The molecule has 2 aromatic heterocycles. The van der Waals surface area contributed by atoms with Crippen LogP contribution in [0.3, 0.4) is 0 Å². The molecule has 0 unspecified atom stereocenters. The molecule has 1 aliphatic rings. The van der Waals surface area contributed by atoms with Crippen LogP contribution in [0.1, 0.15) is 6.92 Å². The fourth-order valence-electron chi connectivity index (χ4n) is 3.20. The van der Waals surface area contributed by atoms with Crippen molar-refractivity contribution in [2.75, 3.05) is 36.5 Å². The number of aromatic nitrogens is 4. The predicted molar refractivity (Wildman–Crippen MR) is 118 cm³/mol. The van der Waals surface area contributed by atoms with E-state index >= 15 is 0 Å². The highest BCUT2D eigenvalue weighted by Gasteiger charge is 2.20. The molecular weight excluding hydrogens is 400 g/mol. The lowest BCUT2D eigenvalue weighted by Crippen LogP contribution is -2.36. The quantitative estimate of drug-likeness (QED) is 0.609. The molecule has 3 heterocycles. The molecule has 8 nitrogen and oxygen atoms in total. The normalized spacial score (nSPS) is 15.1. The average Bonchev–Trinajstić information content (AvgIpc) is 3.15. The number of anilines is 2. The minimum Gasteiger partial charge on any atom is -0.378 e. The Morgan fingerprint density at radius 3 is 2.50 bits per heavy atom.